The van der Waals surface area contributed by atoms with Gasteiger partial charge in [0.2, 0.25) is 5.91 Å². The van der Waals surface area contributed by atoms with E-state index in [-0.39, 0.29) is 5.91 Å². The number of H-pyrrole nitrogens is 1. The predicted molar refractivity (Wildman–Crippen MR) is 50.5 cm³/mol. The first-order valence-electron chi connectivity index (χ1n) is 4.10. The topological polar surface area (TPSA) is 93.6 Å². The fourth-order valence-electron chi connectivity index (χ4n) is 0.980. The van der Waals surface area contributed by atoms with Crippen molar-refractivity contribution in [2.45, 2.75) is 13.0 Å². The normalized spacial score (nSPS) is 11.5. The maximum Gasteiger partial charge on any atom is 0.241 e. The van der Waals surface area contributed by atoms with Gasteiger partial charge in [-0.05, 0) is 6.92 Å². The summed E-state index contributed by atoms with van der Waals surface area (Å²) in [5, 5.41) is 20.3. The summed E-state index contributed by atoms with van der Waals surface area (Å²) in [5.41, 5.74) is 0.390. The minimum atomic E-state index is -0.410. The van der Waals surface area contributed by atoms with E-state index < -0.39 is 6.04 Å². The van der Waals surface area contributed by atoms with Crippen LogP contribution in [0.4, 0.5) is 5.82 Å². The molecule has 0 saturated heterocycles. The van der Waals surface area contributed by atoms with Crippen LogP contribution >= 0.6 is 0 Å². The molecule has 0 aliphatic carbocycles. The number of aromatic amines is 1. The van der Waals surface area contributed by atoms with Gasteiger partial charge >= 0.3 is 0 Å². The molecule has 0 aliphatic heterocycles. The van der Waals surface area contributed by atoms with Crippen molar-refractivity contribution in [3.8, 4) is 6.07 Å². The van der Waals surface area contributed by atoms with Gasteiger partial charge in [-0.25, -0.2) is 0 Å². The molecule has 0 aliphatic rings. The molecule has 3 N–H and O–H groups in total. The molecule has 6 heteroatoms. The third-order valence-electron chi connectivity index (χ3n) is 1.76. The van der Waals surface area contributed by atoms with Crippen molar-refractivity contribution in [3.05, 3.63) is 11.8 Å². The largest absolute Gasteiger partial charge is 0.358 e. The Morgan fingerprint density at radius 1 is 1.79 bits per heavy atom. The number of amides is 1. The highest BCUT2D eigenvalue weighted by Gasteiger charge is 2.13. The Bertz CT molecular complexity index is 364. The van der Waals surface area contributed by atoms with Crippen molar-refractivity contribution in [3.63, 3.8) is 0 Å². The van der Waals surface area contributed by atoms with E-state index in [0.717, 1.165) is 0 Å². The number of rotatable bonds is 3. The second-order valence-electron chi connectivity index (χ2n) is 2.75. The van der Waals surface area contributed by atoms with Crippen LogP contribution in [-0.4, -0.2) is 29.2 Å². The summed E-state index contributed by atoms with van der Waals surface area (Å²) in [4.78, 5) is 11.1. The molecule has 1 heterocycles. The van der Waals surface area contributed by atoms with Gasteiger partial charge in [-0.1, -0.05) is 0 Å². The number of nitriles is 1. The zero-order valence-corrected chi connectivity index (χ0v) is 7.96. The highest BCUT2D eigenvalue weighted by molar-refractivity contribution is 5.83. The third-order valence-corrected chi connectivity index (χ3v) is 1.76. The molecule has 0 spiro atoms. The maximum absolute atomic E-state index is 11.1. The molecule has 1 unspecified atom stereocenters. The van der Waals surface area contributed by atoms with E-state index in [1.807, 2.05) is 6.07 Å². The zero-order chi connectivity index (χ0) is 10.6. The standard InChI is InChI=1S/C8H11N5O/c1-5(8(14)10-2)12-7-6(3-9)4-11-13-7/h4-5H,1-2H3,(H,10,14)(H2,11,12,13). The number of aromatic nitrogens is 2. The number of hydrogen-bond acceptors (Lipinski definition) is 4. The van der Waals surface area contributed by atoms with Gasteiger partial charge in [0, 0.05) is 7.05 Å². The molecule has 1 amide bonds. The Kier molecular flexibility index (Phi) is 3.07. The van der Waals surface area contributed by atoms with Crippen molar-refractivity contribution in [1.82, 2.24) is 15.5 Å². The second kappa shape index (κ2) is 4.28. The fourth-order valence-corrected chi connectivity index (χ4v) is 0.980. The highest BCUT2D eigenvalue weighted by atomic mass is 16.2. The number of likely N-dealkylation sites (N-methyl/N-ethyl adjacent to an activating group) is 1. The van der Waals surface area contributed by atoms with Crippen LogP contribution in [0.5, 0.6) is 0 Å². The monoisotopic (exact) mass is 193 g/mol. The van der Waals surface area contributed by atoms with Gasteiger partial charge in [-0.2, -0.15) is 10.4 Å². The number of carbonyl (C=O) groups excluding carboxylic acids is 1. The molecule has 1 atom stereocenters. The lowest BCUT2D eigenvalue weighted by Gasteiger charge is -2.11. The molecule has 0 bridgehead atoms. The fraction of sp³-hybridized carbons (Fsp3) is 0.375. The molecular weight excluding hydrogens is 182 g/mol. The molecular formula is C8H11N5O. The Balaban J connectivity index is 2.70. The molecule has 1 aromatic rings. The van der Waals surface area contributed by atoms with Gasteiger partial charge in [-0.3, -0.25) is 9.89 Å². The number of hydrogen-bond donors (Lipinski definition) is 3. The van der Waals surface area contributed by atoms with E-state index in [4.69, 9.17) is 5.26 Å². The Morgan fingerprint density at radius 3 is 3.07 bits per heavy atom. The third kappa shape index (κ3) is 2.01. The molecule has 74 valence electrons. The van der Waals surface area contributed by atoms with E-state index in [1.54, 1.807) is 14.0 Å². The minimum absolute atomic E-state index is 0.150. The zero-order valence-electron chi connectivity index (χ0n) is 7.96. The van der Waals surface area contributed by atoms with E-state index in [0.29, 0.717) is 11.4 Å². The lowest BCUT2D eigenvalue weighted by molar-refractivity contribution is -0.121. The SMILES string of the molecule is CNC(=O)C(C)Nc1[nH]ncc1C#N. The van der Waals surface area contributed by atoms with Crippen LogP contribution in [0.25, 0.3) is 0 Å². The number of anilines is 1. The highest BCUT2D eigenvalue weighted by Crippen LogP contribution is 2.09. The summed E-state index contributed by atoms with van der Waals surface area (Å²) < 4.78 is 0. The van der Waals surface area contributed by atoms with Gasteiger partial charge < -0.3 is 10.6 Å². The molecule has 1 aromatic heterocycles. The lowest BCUT2D eigenvalue weighted by Crippen LogP contribution is -2.35. The van der Waals surface area contributed by atoms with E-state index >= 15 is 0 Å². The van der Waals surface area contributed by atoms with Crippen LogP contribution in [-0.2, 0) is 4.79 Å². The maximum atomic E-state index is 11.1. The summed E-state index contributed by atoms with van der Waals surface area (Å²) in [7, 11) is 1.55. The van der Waals surface area contributed by atoms with Crippen LogP contribution in [0.2, 0.25) is 0 Å². The van der Waals surface area contributed by atoms with Gasteiger partial charge in [0.05, 0.1) is 6.20 Å². The van der Waals surface area contributed by atoms with Gasteiger partial charge in [0.25, 0.3) is 0 Å². The Labute approximate surface area is 81.3 Å². The first-order chi connectivity index (χ1) is 6.69. The summed E-state index contributed by atoms with van der Waals surface area (Å²) >= 11 is 0. The van der Waals surface area contributed by atoms with Crippen molar-refractivity contribution in [1.29, 1.82) is 5.26 Å². The van der Waals surface area contributed by atoms with Crippen LogP contribution in [0.1, 0.15) is 12.5 Å². The van der Waals surface area contributed by atoms with Gasteiger partial charge in [0.1, 0.15) is 23.5 Å². The number of nitrogens with zero attached hydrogens (tertiary/aromatic N) is 2. The lowest BCUT2D eigenvalue weighted by atomic mass is 10.3. The van der Waals surface area contributed by atoms with Crippen molar-refractivity contribution in [2.24, 2.45) is 0 Å². The molecule has 0 saturated carbocycles. The number of nitrogens with one attached hydrogen (secondary N) is 3. The summed E-state index contributed by atoms with van der Waals surface area (Å²) in [5.74, 6) is 0.312. The average molecular weight is 193 g/mol. The van der Waals surface area contributed by atoms with E-state index in [2.05, 4.69) is 20.8 Å². The van der Waals surface area contributed by atoms with Crippen LogP contribution < -0.4 is 10.6 Å². The molecule has 14 heavy (non-hydrogen) atoms. The second-order valence-corrected chi connectivity index (χ2v) is 2.75. The van der Waals surface area contributed by atoms with Crippen molar-refractivity contribution >= 4 is 11.7 Å². The molecule has 1 rings (SSSR count). The number of carbonyl (C=O) groups is 1. The Morgan fingerprint density at radius 2 is 2.50 bits per heavy atom. The van der Waals surface area contributed by atoms with Gasteiger partial charge in [0.15, 0.2) is 0 Å². The quantitative estimate of drug-likeness (QED) is 0.621. The molecule has 0 aromatic carbocycles. The smallest absolute Gasteiger partial charge is 0.241 e. The average Bonchev–Trinajstić information content (AvgIpc) is 2.63. The van der Waals surface area contributed by atoms with E-state index in [9.17, 15) is 4.79 Å². The van der Waals surface area contributed by atoms with Crippen molar-refractivity contribution in [2.75, 3.05) is 12.4 Å². The molecule has 6 nitrogen and oxygen atoms in total. The van der Waals surface area contributed by atoms with Crippen molar-refractivity contribution < 1.29 is 4.79 Å². The van der Waals surface area contributed by atoms with Crippen LogP contribution in [0.3, 0.4) is 0 Å². The first kappa shape index (κ1) is 10.1. The first-order valence-corrected chi connectivity index (χ1v) is 4.10. The van der Waals surface area contributed by atoms with Crippen LogP contribution in [0, 0.1) is 11.3 Å². The van der Waals surface area contributed by atoms with Gasteiger partial charge in [-0.15, -0.1) is 0 Å². The predicted octanol–water partition coefficient (Wildman–Crippen LogP) is -0.172. The minimum Gasteiger partial charge on any atom is -0.358 e. The molecule has 0 radical (unpaired) electrons. The Hall–Kier alpha value is -2.03. The summed E-state index contributed by atoms with van der Waals surface area (Å²) in [6, 6.07) is 1.54. The van der Waals surface area contributed by atoms with E-state index in [1.165, 1.54) is 6.20 Å². The summed E-state index contributed by atoms with van der Waals surface area (Å²) in [6.07, 6.45) is 1.40. The van der Waals surface area contributed by atoms with Crippen LogP contribution in [0.15, 0.2) is 6.20 Å². The summed E-state index contributed by atoms with van der Waals surface area (Å²) in [6.45, 7) is 1.70. The molecule has 0 fully saturated rings.